The van der Waals surface area contributed by atoms with Gasteiger partial charge in [0.25, 0.3) is 5.91 Å². The zero-order valence-corrected chi connectivity index (χ0v) is 12.2. The molecule has 7 heteroatoms. The Balaban J connectivity index is 2.20. The van der Waals surface area contributed by atoms with E-state index in [1.54, 1.807) is 12.1 Å². The lowest BCUT2D eigenvalue weighted by Crippen LogP contribution is -2.56. The topological polar surface area (TPSA) is 97.5 Å². The van der Waals surface area contributed by atoms with Crippen LogP contribution in [0.1, 0.15) is 24.3 Å². The fraction of sp³-hybridized carbons (Fsp3) is 0.500. The minimum atomic E-state index is -0.657. The maximum Gasteiger partial charge on any atom is 0.275 e. The van der Waals surface area contributed by atoms with E-state index in [2.05, 4.69) is 10.3 Å². The third-order valence-corrected chi connectivity index (χ3v) is 3.16. The number of nitrogen functional groups attached to an aromatic ring is 1. The molecule has 1 fully saturated rings. The van der Waals surface area contributed by atoms with Crippen LogP contribution in [0.2, 0.25) is 0 Å². The van der Waals surface area contributed by atoms with Crippen LogP contribution in [-0.2, 0) is 9.53 Å². The molecule has 2 amide bonds. The number of anilines is 1. The van der Waals surface area contributed by atoms with Crippen LogP contribution in [0.4, 0.5) is 5.69 Å². The predicted octanol–water partition coefficient (Wildman–Crippen LogP) is 0.0294. The van der Waals surface area contributed by atoms with Crippen LogP contribution in [0.5, 0.6) is 0 Å². The molecule has 1 aliphatic rings. The summed E-state index contributed by atoms with van der Waals surface area (Å²) in [6, 6.07) is 2.62. The Labute approximate surface area is 123 Å². The quantitative estimate of drug-likeness (QED) is 0.819. The number of ether oxygens (including phenoxy) is 1. The summed E-state index contributed by atoms with van der Waals surface area (Å²) in [6.07, 6.45) is 1.51. The molecule has 1 atom stereocenters. The molecule has 1 saturated heterocycles. The van der Waals surface area contributed by atoms with Crippen molar-refractivity contribution in [1.29, 1.82) is 0 Å². The van der Waals surface area contributed by atoms with E-state index in [4.69, 9.17) is 10.5 Å². The van der Waals surface area contributed by atoms with E-state index >= 15 is 0 Å². The van der Waals surface area contributed by atoms with Gasteiger partial charge in [-0.3, -0.25) is 9.59 Å². The lowest BCUT2D eigenvalue weighted by Gasteiger charge is -2.34. The lowest BCUT2D eigenvalue weighted by atomic mass is 10.1. The van der Waals surface area contributed by atoms with E-state index in [0.29, 0.717) is 18.8 Å². The van der Waals surface area contributed by atoms with Gasteiger partial charge in [-0.2, -0.15) is 0 Å². The van der Waals surface area contributed by atoms with Gasteiger partial charge in [0.05, 0.1) is 18.9 Å². The van der Waals surface area contributed by atoms with E-state index in [1.165, 1.54) is 11.1 Å². The molecule has 7 nitrogen and oxygen atoms in total. The van der Waals surface area contributed by atoms with Crippen molar-refractivity contribution in [2.75, 3.05) is 25.5 Å². The first-order valence-electron chi connectivity index (χ1n) is 6.90. The van der Waals surface area contributed by atoms with Gasteiger partial charge in [0.2, 0.25) is 5.91 Å². The van der Waals surface area contributed by atoms with E-state index in [1.807, 2.05) is 13.8 Å². The van der Waals surface area contributed by atoms with E-state index in [0.717, 1.165) is 0 Å². The zero-order chi connectivity index (χ0) is 15.4. The zero-order valence-electron chi connectivity index (χ0n) is 12.2. The summed E-state index contributed by atoms with van der Waals surface area (Å²) in [5, 5.41) is 2.80. The molecule has 1 unspecified atom stereocenters. The summed E-state index contributed by atoms with van der Waals surface area (Å²) >= 11 is 0. The Morgan fingerprint density at radius 1 is 1.52 bits per heavy atom. The van der Waals surface area contributed by atoms with Crippen molar-refractivity contribution in [2.45, 2.75) is 25.9 Å². The number of carbonyl (C=O) groups is 2. The number of nitrogens with two attached hydrogens (primary N) is 1. The van der Waals surface area contributed by atoms with Gasteiger partial charge < -0.3 is 20.7 Å². The normalized spacial score (nSPS) is 18.6. The van der Waals surface area contributed by atoms with Crippen LogP contribution in [0.25, 0.3) is 0 Å². The van der Waals surface area contributed by atoms with E-state index < -0.39 is 6.04 Å². The third-order valence-electron chi connectivity index (χ3n) is 3.16. The number of nitrogens with zero attached hydrogens (tertiary/aromatic N) is 2. The highest BCUT2D eigenvalue weighted by molar-refractivity contribution is 5.99. The predicted molar refractivity (Wildman–Crippen MR) is 77.6 cm³/mol. The highest BCUT2D eigenvalue weighted by Gasteiger charge is 2.34. The van der Waals surface area contributed by atoms with Gasteiger partial charge in [-0.1, -0.05) is 0 Å². The van der Waals surface area contributed by atoms with Crippen molar-refractivity contribution in [3.8, 4) is 0 Å². The largest absolute Gasteiger partial charge is 0.397 e. The number of amides is 2. The maximum atomic E-state index is 12.6. The number of rotatable bonds is 3. The molecular formula is C14H20N4O3. The van der Waals surface area contributed by atoms with Gasteiger partial charge in [0, 0.05) is 18.8 Å². The molecule has 0 spiro atoms. The molecule has 3 N–H and O–H groups in total. The molecule has 114 valence electrons. The van der Waals surface area contributed by atoms with Crippen LogP contribution in [0.15, 0.2) is 18.3 Å². The summed E-state index contributed by atoms with van der Waals surface area (Å²) in [4.78, 5) is 30.3. The molecule has 0 saturated carbocycles. The lowest BCUT2D eigenvalue weighted by molar-refractivity contribution is -0.131. The van der Waals surface area contributed by atoms with Crippen LogP contribution in [0.3, 0.4) is 0 Å². The van der Waals surface area contributed by atoms with Gasteiger partial charge in [-0.05, 0) is 26.0 Å². The number of pyridine rings is 1. The van der Waals surface area contributed by atoms with Gasteiger partial charge >= 0.3 is 0 Å². The first-order valence-corrected chi connectivity index (χ1v) is 6.90. The smallest absolute Gasteiger partial charge is 0.275 e. The molecule has 0 aliphatic carbocycles. The Bertz CT molecular complexity index is 533. The van der Waals surface area contributed by atoms with Crippen LogP contribution in [-0.4, -0.2) is 53.5 Å². The number of carbonyl (C=O) groups excluding carboxylic acids is 2. The molecule has 2 rings (SSSR count). The van der Waals surface area contributed by atoms with Crippen LogP contribution < -0.4 is 11.1 Å². The molecule has 1 aromatic heterocycles. The summed E-state index contributed by atoms with van der Waals surface area (Å²) in [6.45, 7) is 4.64. The minimum absolute atomic E-state index is 0.00343. The van der Waals surface area contributed by atoms with Gasteiger partial charge in [-0.15, -0.1) is 0 Å². The Morgan fingerprint density at radius 2 is 2.29 bits per heavy atom. The first kappa shape index (κ1) is 15.2. The SMILES string of the molecule is CC(C)NC(=O)C1COCCN1C(=O)c1ncccc1N. The molecule has 21 heavy (non-hydrogen) atoms. The standard InChI is InChI=1S/C14H20N4O3/c1-9(2)17-13(19)11-8-21-7-6-18(11)14(20)12-10(15)4-3-5-16-12/h3-5,9,11H,6-8,15H2,1-2H3,(H,17,19). The van der Waals surface area contributed by atoms with Gasteiger partial charge in [0.15, 0.2) is 5.69 Å². The monoisotopic (exact) mass is 292 g/mol. The molecule has 0 radical (unpaired) electrons. The molecule has 1 aromatic rings. The first-order chi connectivity index (χ1) is 10.0. The highest BCUT2D eigenvalue weighted by Crippen LogP contribution is 2.15. The molecule has 2 heterocycles. The Hall–Kier alpha value is -2.15. The van der Waals surface area contributed by atoms with Gasteiger partial charge in [0.1, 0.15) is 6.04 Å². The molecule has 1 aliphatic heterocycles. The van der Waals surface area contributed by atoms with E-state index in [-0.39, 0.29) is 30.2 Å². The number of nitrogens with one attached hydrogen (secondary N) is 1. The average Bonchev–Trinajstić information content (AvgIpc) is 2.46. The second-order valence-corrected chi connectivity index (χ2v) is 5.19. The second kappa shape index (κ2) is 6.53. The second-order valence-electron chi connectivity index (χ2n) is 5.19. The fourth-order valence-electron chi connectivity index (χ4n) is 2.18. The molecule has 0 bridgehead atoms. The Kier molecular flexibility index (Phi) is 4.74. The van der Waals surface area contributed by atoms with Gasteiger partial charge in [-0.25, -0.2) is 4.98 Å². The fourth-order valence-corrected chi connectivity index (χ4v) is 2.18. The summed E-state index contributed by atoms with van der Waals surface area (Å²) in [5.74, 6) is -0.576. The summed E-state index contributed by atoms with van der Waals surface area (Å²) in [5.41, 5.74) is 6.26. The van der Waals surface area contributed by atoms with Crippen molar-refractivity contribution in [2.24, 2.45) is 0 Å². The van der Waals surface area contributed by atoms with Crippen molar-refractivity contribution < 1.29 is 14.3 Å². The number of aromatic nitrogens is 1. The summed E-state index contributed by atoms with van der Waals surface area (Å²) < 4.78 is 5.32. The van der Waals surface area contributed by atoms with Crippen LogP contribution >= 0.6 is 0 Å². The van der Waals surface area contributed by atoms with Crippen molar-refractivity contribution in [1.82, 2.24) is 15.2 Å². The van der Waals surface area contributed by atoms with Crippen molar-refractivity contribution in [3.05, 3.63) is 24.0 Å². The van der Waals surface area contributed by atoms with Crippen molar-refractivity contribution in [3.63, 3.8) is 0 Å². The maximum absolute atomic E-state index is 12.6. The number of hydrogen-bond acceptors (Lipinski definition) is 5. The average molecular weight is 292 g/mol. The number of morpholine rings is 1. The van der Waals surface area contributed by atoms with Crippen LogP contribution in [0, 0.1) is 0 Å². The Morgan fingerprint density at radius 3 is 2.95 bits per heavy atom. The number of hydrogen-bond donors (Lipinski definition) is 2. The van der Waals surface area contributed by atoms with Crippen molar-refractivity contribution >= 4 is 17.5 Å². The molecule has 0 aromatic carbocycles. The minimum Gasteiger partial charge on any atom is -0.397 e. The van der Waals surface area contributed by atoms with E-state index in [9.17, 15) is 9.59 Å². The third kappa shape index (κ3) is 3.49. The summed E-state index contributed by atoms with van der Waals surface area (Å²) in [7, 11) is 0. The highest BCUT2D eigenvalue weighted by atomic mass is 16.5. The molecular weight excluding hydrogens is 272 g/mol.